The molecule has 1 aliphatic carbocycles. The van der Waals surface area contributed by atoms with E-state index in [2.05, 4.69) is 64.0 Å². The Morgan fingerprint density at radius 2 is 1.66 bits per heavy atom. The van der Waals surface area contributed by atoms with Crippen molar-refractivity contribution in [3.05, 3.63) is 94.3 Å². The van der Waals surface area contributed by atoms with Crippen LogP contribution < -0.4 is 5.46 Å². The molecule has 1 aromatic heterocycles. The minimum absolute atomic E-state index is 0.353. The Morgan fingerprint density at radius 1 is 0.974 bits per heavy atom. The fraction of sp³-hybridized carbons (Fsp3) is 0.441. The first-order valence-corrected chi connectivity index (χ1v) is 14.6. The first kappa shape index (κ1) is 31.5. The topological polar surface area (TPSA) is 37.3 Å². The third-order valence-corrected chi connectivity index (χ3v) is 7.21. The second-order valence-electron chi connectivity index (χ2n) is 10.2. The predicted molar refractivity (Wildman–Crippen MR) is 168 cm³/mol. The van der Waals surface area contributed by atoms with Gasteiger partial charge in [0.25, 0.3) is 0 Å². The van der Waals surface area contributed by atoms with E-state index < -0.39 is 5.97 Å². The number of benzene rings is 2. The van der Waals surface area contributed by atoms with Crippen molar-refractivity contribution in [2.24, 2.45) is 5.92 Å². The fourth-order valence-corrected chi connectivity index (χ4v) is 4.96. The zero-order chi connectivity index (χ0) is 27.8. The van der Waals surface area contributed by atoms with E-state index in [1.807, 2.05) is 44.9 Å². The van der Waals surface area contributed by atoms with Crippen molar-refractivity contribution < 1.29 is 9.90 Å². The van der Waals surface area contributed by atoms with Crippen LogP contribution in [0.15, 0.2) is 66.5 Å². The average Bonchev–Trinajstić information content (AvgIpc) is 2.95. The summed E-state index contributed by atoms with van der Waals surface area (Å²) in [6.45, 7) is 14.6. The van der Waals surface area contributed by atoms with Crippen molar-refractivity contribution in [3.63, 3.8) is 0 Å². The number of carbonyl (C=O) groups is 1. The van der Waals surface area contributed by atoms with Gasteiger partial charge in [-0.15, -0.1) is 0 Å². The Labute approximate surface area is 233 Å². The van der Waals surface area contributed by atoms with Gasteiger partial charge in [-0.1, -0.05) is 13.8 Å². The molecule has 38 heavy (non-hydrogen) atoms. The van der Waals surface area contributed by atoms with Crippen LogP contribution in [0, 0.1) is 19.8 Å². The molecule has 0 bridgehead atoms. The Bertz CT molecular complexity index is 1110. The predicted octanol–water partition coefficient (Wildman–Crippen LogP) is 7.92. The summed E-state index contributed by atoms with van der Waals surface area (Å²) in [4.78, 5) is 11.4. The number of carboxylic acid groups (broad SMARTS) is 1. The molecule has 2 aromatic carbocycles. The fourth-order valence-electron chi connectivity index (χ4n) is 4.96. The summed E-state index contributed by atoms with van der Waals surface area (Å²) in [7, 11) is 0. The van der Waals surface area contributed by atoms with Gasteiger partial charge in [0.15, 0.2) is 0 Å². The van der Waals surface area contributed by atoms with Crippen LogP contribution >= 0.6 is 0 Å². The molecule has 0 atom stereocenters. The van der Waals surface area contributed by atoms with Gasteiger partial charge in [0, 0.05) is 0 Å². The van der Waals surface area contributed by atoms with Crippen molar-refractivity contribution in [2.75, 3.05) is 0 Å². The zero-order valence-electron chi connectivity index (χ0n) is 24.3. The molecule has 4 heteroatoms. The maximum atomic E-state index is 11.4. The standard InChI is InChI=1S/C26H33BO2.C6H7B.C2H6/c1-3-7-20-11-15-22(16-12-20)24(17-13-21-8-5-4-6-9-21)27-25-18-23(26(28)29)14-10-19(25)2;1-6-3-2-4-7-5-6;1-2/h10-12,14-16,18,21H,3-9,13,17H2,1-2H3,(H,28,29);2-5H,1H3;1-2H3. The minimum atomic E-state index is -0.868. The Morgan fingerprint density at radius 3 is 2.21 bits per heavy atom. The van der Waals surface area contributed by atoms with E-state index in [-0.39, 0.29) is 0 Å². The van der Waals surface area contributed by atoms with Crippen LogP contribution in [-0.2, 0) is 6.42 Å². The summed E-state index contributed by atoms with van der Waals surface area (Å²) in [6, 6.07) is 18.5. The number of hydrogen-bond donors (Lipinski definition) is 1. The van der Waals surface area contributed by atoms with Crippen LogP contribution in [0.25, 0.3) is 0 Å². The Balaban J connectivity index is 0.000000481. The number of hydrogen-bond acceptors (Lipinski definition) is 1. The Hall–Kier alpha value is -2.74. The van der Waals surface area contributed by atoms with E-state index >= 15 is 0 Å². The molecule has 1 N–H and O–H groups in total. The molecule has 1 fully saturated rings. The summed E-state index contributed by atoms with van der Waals surface area (Å²) < 4.78 is 0. The molecular formula is C34H46B2O2. The first-order valence-electron chi connectivity index (χ1n) is 14.6. The third-order valence-electron chi connectivity index (χ3n) is 7.21. The van der Waals surface area contributed by atoms with Crippen LogP contribution in [0.3, 0.4) is 0 Å². The van der Waals surface area contributed by atoms with Gasteiger partial charge < -0.3 is 0 Å². The summed E-state index contributed by atoms with van der Waals surface area (Å²) in [5.74, 6) is 4.07. The van der Waals surface area contributed by atoms with E-state index in [1.54, 1.807) is 6.07 Å². The van der Waals surface area contributed by atoms with Crippen LogP contribution in [-0.4, -0.2) is 30.4 Å². The monoisotopic (exact) mass is 508 g/mol. The van der Waals surface area contributed by atoms with Gasteiger partial charge in [-0.05, 0) is 0 Å². The van der Waals surface area contributed by atoms with Gasteiger partial charge in [-0.2, -0.15) is 0 Å². The number of rotatable bonds is 8. The van der Waals surface area contributed by atoms with E-state index in [0.29, 0.717) is 5.56 Å². The molecule has 4 rings (SSSR count). The molecule has 0 saturated heterocycles. The second kappa shape index (κ2) is 17.7. The molecule has 0 unspecified atom stereocenters. The summed E-state index contributed by atoms with van der Waals surface area (Å²) in [5.41, 5.74) is 7.78. The Kier molecular flexibility index (Phi) is 14.7. The van der Waals surface area contributed by atoms with Crippen molar-refractivity contribution >= 4 is 30.7 Å². The van der Waals surface area contributed by atoms with Crippen LogP contribution in [0.1, 0.15) is 105 Å². The summed E-state index contributed by atoms with van der Waals surface area (Å²) >= 11 is 0. The molecule has 0 spiro atoms. The quantitative estimate of drug-likeness (QED) is 0.314. The van der Waals surface area contributed by atoms with Crippen LogP contribution in [0.2, 0.25) is 0 Å². The first-order chi connectivity index (χ1) is 18.5. The summed E-state index contributed by atoms with van der Waals surface area (Å²) in [5, 5.41) is 9.39. The normalized spacial score (nSPS) is 13.2. The van der Waals surface area contributed by atoms with Gasteiger partial charge >= 0.3 is 219 Å². The van der Waals surface area contributed by atoms with E-state index in [9.17, 15) is 9.90 Å². The molecule has 0 aliphatic heterocycles. The van der Waals surface area contributed by atoms with Crippen molar-refractivity contribution in [1.82, 2.24) is 0 Å². The number of carboxylic acids is 1. The van der Waals surface area contributed by atoms with Gasteiger partial charge in [-0.3, -0.25) is 0 Å². The molecule has 200 valence electrons. The van der Waals surface area contributed by atoms with E-state index in [4.69, 9.17) is 0 Å². The molecule has 3 aromatic rings. The van der Waals surface area contributed by atoms with E-state index in [0.717, 1.165) is 36.2 Å². The summed E-state index contributed by atoms with van der Waals surface area (Å²) in [6.07, 6.45) is 11.4. The molecule has 1 saturated carbocycles. The molecule has 1 heterocycles. The maximum absolute atomic E-state index is 11.4. The van der Waals surface area contributed by atoms with Gasteiger partial charge in [0.05, 0.1) is 0 Å². The van der Waals surface area contributed by atoms with Gasteiger partial charge in [0.1, 0.15) is 0 Å². The zero-order valence-corrected chi connectivity index (χ0v) is 24.3. The number of aromatic carboxylic acids is 1. The van der Waals surface area contributed by atoms with Gasteiger partial charge in [-0.25, -0.2) is 0 Å². The average molecular weight is 508 g/mol. The molecule has 0 radical (unpaired) electrons. The van der Waals surface area contributed by atoms with E-state index in [1.165, 1.54) is 60.7 Å². The number of aryl methyl sites for hydroxylation is 3. The second-order valence-corrected chi connectivity index (χ2v) is 10.2. The third kappa shape index (κ3) is 10.9. The molecule has 2 nitrogen and oxygen atoms in total. The molecular weight excluding hydrogens is 462 g/mol. The van der Waals surface area contributed by atoms with Crippen LogP contribution in [0.4, 0.5) is 0 Å². The van der Waals surface area contributed by atoms with Crippen LogP contribution in [0.5, 0.6) is 0 Å². The molecule has 1 aliphatic rings. The molecule has 0 amide bonds. The van der Waals surface area contributed by atoms with Gasteiger partial charge in [0.2, 0.25) is 0 Å². The van der Waals surface area contributed by atoms with Crippen molar-refractivity contribution in [1.29, 1.82) is 0 Å². The van der Waals surface area contributed by atoms with Crippen molar-refractivity contribution in [2.45, 2.75) is 92.4 Å². The SMILES string of the molecule is CC.CCCc1ccc(C(=Bc2cc(C(=O)O)ccc2C)CCC2CCCCC2)cc1.Cc1cbccc1. The van der Waals surface area contributed by atoms with Crippen molar-refractivity contribution in [3.8, 4) is 0 Å².